The van der Waals surface area contributed by atoms with Crippen molar-refractivity contribution in [3.63, 3.8) is 0 Å². The fraction of sp³-hybridized carbons (Fsp3) is 0.529. The van der Waals surface area contributed by atoms with Crippen LogP contribution in [-0.4, -0.2) is 42.6 Å². The van der Waals surface area contributed by atoms with Crippen LogP contribution in [0.25, 0.3) is 0 Å². The maximum absolute atomic E-state index is 12.1. The van der Waals surface area contributed by atoms with Crippen LogP contribution in [-0.2, 0) is 14.3 Å². The SMILES string of the molecule is COC1(CNC(=O)C(=O)Nc2c(C)cc(C)cc2C)CCSC1. The van der Waals surface area contributed by atoms with Crippen LogP contribution in [0.5, 0.6) is 0 Å². The first-order valence-corrected chi connectivity index (χ1v) is 8.82. The Hall–Kier alpha value is -1.53. The van der Waals surface area contributed by atoms with Crippen molar-refractivity contribution in [1.29, 1.82) is 0 Å². The largest absolute Gasteiger partial charge is 0.376 e. The molecule has 0 saturated carbocycles. The van der Waals surface area contributed by atoms with Crippen molar-refractivity contribution >= 4 is 29.3 Å². The smallest absolute Gasteiger partial charge is 0.313 e. The van der Waals surface area contributed by atoms with E-state index in [1.807, 2.05) is 32.9 Å². The van der Waals surface area contributed by atoms with Crippen molar-refractivity contribution in [2.75, 3.05) is 30.5 Å². The molecule has 1 atom stereocenters. The van der Waals surface area contributed by atoms with Crippen LogP contribution in [0.3, 0.4) is 0 Å². The molecule has 1 aliphatic heterocycles. The second-order valence-electron chi connectivity index (χ2n) is 6.10. The highest BCUT2D eigenvalue weighted by Gasteiger charge is 2.35. The molecule has 1 aromatic carbocycles. The maximum Gasteiger partial charge on any atom is 0.313 e. The van der Waals surface area contributed by atoms with Crippen LogP contribution < -0.4 is 10.6 Å². The van der Waals surface area contributed by atoms with E-state index in [9.17, 15) is 9.59 Å². The number of ether oxygens (including phenoxy) is 1. The van der Waals surface area contributed by atoms with E-state index in [0.29, 0.717) is 12.2 Å². The number of methoxy groups -OCH3 is 1. The van der Waals surface area contributed by atoms with E-state index < -0.39 is 11.8 Å². The summed E-state index contributed by atoms with van der Waals surface area (Å²) in [6.07, 6.45) is 0.881. The Balaban J connectivity index is 1.97. The average molecular weight is 336 g/mol. The molecule has 1 saturated heterocycles. The van der Waals surface area contributed by atoms with Gasteiger partial charge in [-0.25, -0.2) is 0 Å². The average Bonchev–Trinajstić information content (AvgIpc) is 2.97. The predicted octanol–water partition coefficient (Wildman–Crippen LogP) is 2.19. The lowest BCUT2D eigenvalue weighted by Gasteiger charge is -2.26. The van der Waals surface area contributed by atoms with Gasteiger partial charge in [0.15, 0.2) is 0 Å². The summed E-state index contributed by atoms with van der Waals surface area (Å²) in [5.74, 6) is 0.578. The van der Waals surface area contributed by atoms with Crippen molar-refractivity contribution in [3.8, 4) is 0 Å². The molecule has 0 aromatic heterocycles. The molecule has 1 fully saturated rings. The number of carbonyl (C=O) groups excluding carboxylic acids is 2. The first-order chi connectivity index (χ1) is 10.9. The molecule has 1 aromatic rings. The predicted molar refractivity (Wildman–Crippen MR) is 94.0 cm³/mol. The number of amides is 2. The molecule has 1 unspecified atom stereocenters. The van der Waals surface area contributed by atoms with Crippen molar-refractivity contribution in [1.82, 2.24) is 5.32 Å². The minimum atomic E-state index is -0.642. The number of hydrogen-bond donors (Lipinski definition) is 2. The first-order valence-electron chi connectivity index (χ1n) is 7.67. The summed E-state index contributed by atoms with van der Waals surface area (Å²) in [6.45, 7) is 6.20. The molecule has 0 radical (unpaired) electrons. The number of thioether (sulfide) groups is 1. The summed E-state index contributed by atoms with van der Waals surface area (Å²) in [5, 5.41) is 5.41. The molecule has 0 bridgehead atoms. The van der Waals surface area contributed by atoms with Gasteiger partial charge in [0.25, 0.3) is 0 Å². The van der Waals surface area contributed by atoms with Gasteiger partial charge in [-0.3, -0.25) is 9.59 Å². The summed E-state index contributed by atoms with van der Waals surface area (Å²) < 4.78 is 5.53. The summed E-state index contributed by atoms with van der Waals surface area (Å²) in [7, 11) is 1.65. The van der Waals surface area contributed by atoms with Crippen LogP contribution in [0.15, 0.2) is 12.1 Å². The molecule has 126 valence electrons. The molecular formula is C17H24N2O3S. The molecule has 1 aliphatic rings. The number of hydrogen-bond acceptors (Lipinski definition) is 4. The van der Waals surface area contributed by atoms with Crippen LogP contribution in [0.2, 0.25) is 0 Å². The van der Waals surface area contributed by atoms with Crippen molar-refractivity contribution in [2.24, 2.45) is 0 Å². The highest BCUT2D eigenvalue weighted by molar-refractivity contribution is 7.99. The van der Waals surface area contributed by atoms with E-state index in [0.717, 1.165) is 34.6 Å². The molecule has 6 heteroatoms. The van der Waals surface area contributed by atoms with Gasteiger partial charge in [0, 0.05) is 25.1 Å². The number of anilines is 1. The molecule has 2 rings (SSSR count). The zero-order valence-corrected chi connectivity index (χ0v) is 14.9. The van der Waals surface area contributed by atoms with Crippen LogP contribution >= 0.6 is 11.8 Å². The number of carbonyl (C=O) groups is 2. The van der Waals surface area contributed by atoms with Crippen LogP contribution in [0.4, 0.5) is 5.69 Å². The zero-order valence-electron chi connectivity index (χ0n) is 14.1. The number of aryl methyl sites for hydroxylation is 3. The second-order valence-corrected chi connectivity index (χ2v) is 7.21. The lowest BCUT2D eigenvalue weighted by Crippen LogP contribution is -2.47. The summed E-state index contributed by atoms with van der Waals surface area (Å²) in [4.78, 5) is 24.2. The molecular weight excluding hydrogens is 312 g/mol. The van der Waals surface area contributed by atoms with Crippen molar-refractivity contribution in [3.05, 3.63) is 28.8 Å². The highest BCUT2D eigenvalue weighted by atomic mass is 32.2. The van der Waals surface area contributed by atoms with E-state index in [1.54, 1.807) is 18.9 Å². The zero-order chi connectivity index (χ0) is 17.0. The molecule has 2 N–H and O–H groups in total. The fourth-order valence-electron chi connectivity index (χ4n) is 2.83. The van der Waals surface area contributed by atoms with Gasteiger partial charge < -0.3 is 15.4 Å². The summed E-state index contributed by atoms with van der Waals surface area (Å²) in [5.41, 5.74) is 3.38. The first kappa shape index (κ1) is 17.8. The van der Waals surface area contributed by atoms with Gasteiger partial charge >= 0.3 is 11.8 Å². The van der Waals surface area contributed by atoms with E-state index in [1.165, 1.54) is 0 Å². The van der Waals surface area contributed by atoms with Gasteiger partial charge in [-0.1, -0.05) is 17.7 Å². The second kappa shape index (κ2) is 7.36. The molecule has 23 heavy (non-hydrogen) atoms. The fourth-order valence-corrected chi connectivity index (χ4v) is 4.23. The Morgan fingerprint density at radius 1 is 1.22 bits per heavy atom. The third kappa shape index (κ3) is 4.26. The van der Waals surface area contributed by atoms with E-state index >= 15 is 0 Å². The monoisotopic (exact) mass is 336 g/mol. The van der Waals surface area contributed by atoms with Gasteiger partial charge in [-0.05, 0) is 44.1 Å². The van der Waals surface area contributed by atoms with Gasteiger partial charge in [-0.2, -0.15) is 11.8 Å². The lowest BCUT2D eigenvalue weighted by atomic mass is 10.0. The van der Waals surface area contributed by atoms with Gasteiger partial charge in [-0.15, -0.1) is 0 Å². The minimum absolute atomic E-state index is 0.351. The number of rotatable bonds is 4. The van der Waals surface area contributed by atoms with Crippen molar-refractivity contribution in [2.45, 2.75) is 32.8 Å². The maximum atomic E-state index is 12.1. The van der Waals surface area contributed by atoms with Crippen LogP contribution in [0, 0.1) is 20.8 Å². The lowest BCUT2D eigenvalue weighted by molar-refractivity contribution is -0.136. The van der Waals surface area contributed by atoms with Gasteiger partial charge in [0.05, 0.1) is 5.60 Å². The molecule has 5 nitrogen and oxygen atoms in total. The molecule has 2 amide bonds. The third-order valence-electron chi connectivity index (χ3n) is 4.19. The summed E-state index contributed by atoms with van der Waals surface area (Å²) >= 11 is 1.80. The quantitative estimate of drug-likeness (QED) is 0.827. The molecule has 1 heterocycles. The van der Waals surface area contributed by atoms with Gasteiger partial charge in [0.2, 0.25) is 0 Å². The minimum Gasteiger partial charge on any atom is -0.376 e. The Morgan fingerprint density at radius 2 is 1.87 bits per heavy atom. The molecule has 0 aliphatic carbocycles. The molecule has 0 spiro atoms. The van der Waals surface area contributed by atoms with E-state index in [2.05, 4.69) is 10.6 Å². The number of benzene rings is 1. The Morgan fingerprint density at radius 3 is 2.39 bits per heavy atom. The Bertz CT molecular complexity index is 587. The number of nitrogens with one attached hydrogen (secondary N) is 2. The van der Waals surface area contributed by atoms with Crippen LogP contribution in [0.1, 0.15) is 23.1 Å². The van der Waals surface area contributed by atoms with E-state index in [-0.39, 0.29) is 5.60 Å². The third-order valence-corrected chi connectivity index (χ3v) is 5.42. The Labute approximate surface area is 141 Å². The van der Waals surface area contributed by atoms with E-state index in [4.69, 9.17) is 4.74 Å². The highest BCUT2D eigenvalue weighted by Crippen LogP contribution is 2.30. The summed E-state index contributed by atoms with van der Waals surface area (Å²) in [6, 6.07) is 3.96. The standard InChI is InChI=1S/C17H24N2O3S/c1-11-7-12(2)14(13(3)8-11)19-16(21)15(20)18-9-17(22-4)5-6-23-10-17/h7-8H,5-6,9-10H2,1-4H3,(H,18,20)(H,19,21). The Kier molecular flexibility index (Phi) is 5.70. The topological polar surface area (TPSA) is 67.4 Å². The van der Waals surface area contributed by atoms with Crippen molar-refractivity contribution < 1.29 is 14.3 Å². The van der Waals surface area contributed by atoms with Gasteiger partial charge in [0.1, 0.15) is 0 Å². The normalized spacial score (nSPS) is 20.3.